The Bertz CT molecular complexity index is 1330. The Kier molecular flexibility index (Phi) is 6.81. The monoisotopic (exact) mass is 526 g/mol. The zero-order valence-corrected chi connectivity index (χ0v) is 20.6. The van der Waals surface area contributed by atoms with Gasteiger partial charge in [0.1, 0.15) is 0 Å². The average Bonchev–Trinajstić information content (AvgIpc) is 3.11. The maximum atomic E-state index is 13.3. The van der Waals surface area contributed by atoms with E-state index in [1.165, 1.54) is 0 Å². The lowest BCUT2D eigenvalue weighted by molar-refractivity contribution is -0.143. The topological polar surface area (TPSA) is 62.5 Å². The maximum Gasteiger partial charge on any atom is 0.416 e. The van der Waals surface area contributed by atoms with Gasteiger partial charge >= 0.3 is 12.1 Å². The van der Waals surface area contributed by atoms with Crippen molar-refractivity contribution in [3.05, 3.63) is 68.3 Å². The highest BCUT2D eigenvalue weighted by molar-refractivity contribution is 6.38. The van der Waals surface area contributed by atoms with E-state index in [0.717, 1.165) is 17.7 Å². The van der Waals surface area contributed by atoms with Crippen molar-refractivity contribution in [1.82, 2.24) is 9.47 Å². The number of aromatic nitrogens is 1. The zero-order valence-electron chi connectivity index (χ0n) is 19.0. The van der Waals surface area contributed by atoms with Crippen molar-refractivity contribution in [1.29, 1.82) is 0 Å². The van der Waals surface area contributed by atoms with Gasteiger partial charge in [-0.1, -0.05) is 23.2 Å². The lowest BCUT2D eigenvalue weighted by Gasteiger charge is -2.30. The highest BCUT2D eigenvalue weighted by Crippen LogP contribution is 2.37. The summed E-state index contributed by atoms with van der Waals surface area (Å²) in [5.41, 5.74) is 1.71. The summed E-state index contributed by atoms with van der Waals surface area (Å²) in [7, 11) is 1.68. The van der Waals surface area contributed by atoms with Crippen molar-refractivity contribution in [3.8, 4) is 0 Å². The molecule has 10 heteroatoms. The molecule has 0 radical (unpaired) electrons. The smallest absolute Gasteiger partial charge is 0.416 e. The van der Waals surface area contributed by atoms with Crippen LogP contribution >= 0.6 is 23.2 Å². The standard InChI is InChI=1S/C25H23Cl2F3N2O3/c1-13-9-16(25(28,29)30)11-20-21(13)15(12-31(20)2)10-18-19(26)4-3-17(22(18)27)23(33)32-7-5-14(6-8-32)24(34)35/h3-4,9,11-12,14H,5-8,10H2,1-2H3,(H,34,35). The van der Waals surface area contributed by atoms with E-state index >= 15 is 0 Å². The molecule has 2 aromatic carbocycles. The Balaban J connectivity index is 1.68. The molecule has 3 aromatic rings. The third kappa shape index (κ3) is 4.86. The highest BCUT2D eigenvalue weighted by atomic mass is 35.5. The van der Waals surface area contributed by atoms with Crippen molar-refractivity contribution < 1.29 is 27.9 Å². The normalized spacial score (nSPS) is 15.1. The van der Waals surface area contributed by atoms with Crippen LogP contribution < -0.4 is 0 Å². The van der Waals surface area contributed by atoms with Crippen LogP contribution in [0, 0.1) is 12.8 Å². The van der Waals surface area contributed by atoms with E-state index in [4.69, 9.17) is 23.2 Å². The zero-order chi connectivity index (χ0) is 25.7. The van der Waals surface area contributed by atoms with Crippen molar-refractivity contribution in [2.45, 2.75) is 32.4 Å². The fraction of sp³-hybridized carbons (Fsp3) is 0.360. The molecular formula is C25H23Cl2F3N2O3. The first-order chi connectivity index (χ1) is 16.4. The van der Waals surface area contributed by atoms with Gasteiger partial charge in [0.25, 0.3) is 5.91 Å². The van der Waals surface area contributed by atoms with Gasteiger partial charge in [-0.25, -0.2) is 0 Å². The second-order valence-corrected chi connectivity index (χ2v) is 9.70. The Morgan fingerprint density at radius 1 is 1.14 bits per heavy atom. The Hall–Kier alpha value is -2.71. The predicted octanol–water partition coefficient (Wildman–Crippen LogP) is 6.34. The molecule has 1 aliphatic heterocycles. The molecule has 5 nitrogen and oxygen atoms in total. The number of rotatable bonds is 4. The molecule has 1 fully saturated rings. The number of fused-ring (bicyclic) bond motifs is 1. The summed E-state index contributed by atoms with van der Waals surface area (Å²) in [4.78, 5) is 25.9. The van der Waals surface area contributed by atoms with E-state index in [0.29, 0.717) is 53.0 Å². The van der Waals surface area contributed by atoms with Gasteiger partial charge in [0, 0.05) is 48.7 Å². The molecule has 0 atom stereocenters. The van der Waals surface area contributed by atoms with Crippen LogP contribution in [0.1, 0.15) is 45.5 Å². The summed E-state index contributed by atoms with van der Waals surface area (Å²) in [6.07, 6.45) is -1.74. The lowest BCUT2D eigenvalue weighted by Crippen LogP contribution is -2.40. The number of carbonyl (C=O) groups is 2. The van der Waals surface area contributed by atoms with E-state index in [1.54, 1.807) is 41.8 Å². The number of amides is 1. The number of carbonyl (C=O) groups excluding carboxylic acids is 1. The van der Waals surface area contributed by atoms with Crippen molar-refractivity contribution >= 4 is 46.0 Å². The van der Waals surface area contributed by atoms with Gasteiger partial charge in [0.15, 0.2) is 0 Å². The number of aryl methyl sites for hydroxylation is 2. The molecule has 1 aliphatic rings. The molecule has 186 valence electrons. The SMILES string of the molecule is Cc1cc(C(F)(F)F)cc2c1c(Cc1c(Cl)ccc(C(=O)N3CCC(C(=O)O)CC3)c1Cl)cn2C. The second kappa shape index (κ2) is 9.39. The number of carboxylic acids is 1. The number of likely N-dealkylation sites (tertiary alicyclic amines) is 1. The molecule has 35 heavy (non-hydrogen) atoms. The number of carboxylic acid groups (broad SMARTS) is 1. The predicted molar refractivity (Wildman–Crippen MR) is 128 cm³/mol. The van der Waals surface area contributed by atoms with Gasteiger partial charge in [-0.15, -0.1) is 0 Å². The van der Waals surface area contributed by atoms with Gasteiger partial charge < -0.3 is 14.6 Å². The Labute approximate surface area is 210 Å². The van der Waals surface area contributed by atoms with Crippen molar-refractivity contribution in [3.63, 3.8) is 0 Å². The van der Waals surface area contributed by atoms with Crippen LogP contribution in [0.3, 0.4) is 0 Å². The number of hydrogen-bond acceptors (Lipinski definition) is 2. The fourth-order valence-corrected chi connectivity index (χ4v) is 5.33. The summed E-state index contributed by atoms with van der Waals surface area (Å²) in [6.45, 7) is 2.26. The van der Waals surface area contributed by atoms with Crippen LogP contribution in [-0.2, 0) is 24.4 Å². The van der Waals surface area contributed by atoms with E-state index in [2.05, 4.69) is 0 Å². The first kappa shape index (κ1) is 25.4. The van der Waals surface area contributed by atoms with Gasteiger partial charge in [0.2, 0.25) is 0 Å². The second-order valence-electron chi connectivity index (χ2n) is 8.92. The molecule has 1 saturated heterocycles. The summed E-state index contributed by atoms with van der Waals surface area (Å²) in [5, 5.41) is 10.4. The molecule has 1 aromatic heterocycles. The number of benzene rings is 2. The summed E-state index contributed by atoms with van der Waals surface area (Å²) in [6, 6.07) is 5.37. The van der Waals surface area contributed by atoms with Gasteiger partial charge in [-0.05, 0) is 60.7 Å². The molecule has 0 saturated carbocycles. The summed E-state index contributed by atoms with van der Waals surface area (Å²) in [5.74, 6) is -1.64. The average molecular weight is 527 g/mol. The summed E-state index contributed by atoms with van der Waals surface area (Å²) < 4.78 is 41.6. The third-order valence-electron chi connectivity index (χ3n) is 6.61. The maximum absolute atomic E-state index is 13.3. The minimum atomic E-state index is -4.45. The fourth-order valence-electron chi connectivity index (χ4n) is 4.75. The van der Waals surface area contributed by atoms with E-state index in [9.17, 15) is 27.9 Å². The number of alkyl halides is 3. The van der Waals surface area contributed by atoms with Gasteiger partial charge in [-0.3, -0.25) is 9.59 Å². The third-order valence-corrected chi connectivity index (χ3v) is 7.39. The van der Waals surface area contributed by atoms with Crippen LogP contribution in [0.4, 0.5) is 13.2 Å². The van der Waals surface area contributed by atoms with E-state index in [-0.39, 0.29) is 22.9 Å². The van der Waals surface area contributed by atoms with E-state index in [1.807, 2.05) is 0 Å². The number of hydrogen-bond donors (Lipinski definition) is 1. The molecule has 1 amide bonds. The molecule has 2 heterocycles. The number of aliphatic carboxylic acids is 1. The number of piperidine rings is 1. The van der Waals surface area contributed by atoms with Gasteiger partial charge in [-0.2, -0.15) is 13.2 Å². The molecule has 0 bridgehead atoms. The van der Waals surface area contributed by atoms with Crippen LogP contribution in [-0.4, -0.2) is 39.5 Å². The largest absolute Gasteiger partial charge is 0.481 e. The molecule has 1 N–H and O–H groups in total. The number of halogens is 5. The van der Waals surface area contributed by atoms with Crippen LogP contribution in [0.2, 0.25) is 10.0 Å². The van der Waals surface area contributed by atoms with E-state index < -0.39 is 23.6 Å². The lowest BCUT2D eigenvalue weighted by atomic mass is 9.95. The molecule has 0 spiro atoms. The van der Waals surface area contributed by atoms with Crippen LogP contribution in [0.15, 0.2) is 30.5 Å². The van der Waals surface area contributed by atoms with Crippen LogP contribution in [0.5, 0.6) is 0 Å². The highest BCUT2D eigenvalue weighted by Gasteiger charge is 2.32. The first-order valence-corrected chi connectivity index (χ1v) is 11.8. The van der Waals surface area contributed by atoms with Crippen molar-refractivity contribution in [2.75, 3.05) is 13.1 Å². The molecule has 4 rings (SSSR count). The molecule has 0 unspecified atom stereocenters. The molecule has 0 aliphatic carbocycles. The van der Waals surface area contributed by atoms with Gasteiger partial charge in [0.05, 0.1) is 22.1 Å². The minimum absolute atomic E-state index is 0.185. The Morgan fingerprint density at radius 2 is 1.80 bits per heavy atom. The molecular weight excluding hydrogens is 504 g/mol. The van der Waals surface area contributed by atoms with Crippen LogP contribution in [0.25, 0.3) is 10.9 Å². The van der Waals surface area contributed by atoms with Crippen molar-refractivity contribution in [2.24, 2.45) is 13.0 Å². The summed E-state index contributed by atoms with van der Waals surface area (Å²) >= 11 is 13.1. The first-order valence-electron chi connectivity index (χ1n) is 11.0. The quantitative estimate of drug-likeness (QED) is 0.431. The number of nitrogens with zero attached hydrogens (tertiary/aromatic N) is 2. The minimum Gasteiger partial charge on any atom is -0.481 e. The Morgan fingerprint density at radius 3 is 2.40 bits per heavy atom.